The minimum Gasteiger partial charge on any atom is -0.388 e. The number of aliphatic hydroxyl groups is 1. The van der Waals surface area contributed by atoms with Crippen molar-refractivity contribution in [2.45, 2.75) is 39.2 Å². The highest BCUT2D eigenvalue weighted by atomic mass is 32.1. The number of aromatic nitrogens is 1. The van der Waals surface area contributed by atoms with Crippen molar-refractivity contribution in [2.24, 2.45) is 0 Å². The molecule has 0 aliphatic heterocycles. The summed E-state index contributed by atoms with van der Waals surface area (Å²) in [4.78, 5) is 18.4. The summed E-state index contributed by atoms with van der Waals surface area (Å²) in [6.45, 7) is 5.95. The summed E-state index contributed by atoms with van der Waals surface area (Å²) < 4.78 is 0. The van der Waals surface area contributed by atoms with Gasteiger partial charge in [0.15, 0.2) is 0 Å². The molecular weight excluding hydrogens is 304 g/mol. The molecule has 6 heteroatoms. The molecule has 0 aliphatic carbocycles. The van der Waals surface area contributed by atoms with Crippen molar-refractivity contribution in [1.29, 1.82) is 0 Å². The number of nitrogens with zero attached hydrogens (tertiary/aromatic N) is 1. The number of aryl methyl sites for hydroxylation is 1. The van der Waals surface area contributed by atoms with Crippen LogP contribution in [0.5, 0.6) is 0 Å². The Morgan fingerprint density at radius 3 is 2.71 bits per heavy atom. The Morgan fingerprint density at radius 2 is 2.14 bits per heavy atom. The van der Waals surface area contributed by atoms with E-state index in [-0.39, 0.29) is 12.5 Å². The Hall–Kier alpha value is -1.24. The number of thiazole rings is 1. The molecular formula is C15H20N2O2S2. The van der Waals surface area contributed by atoms with Crippen molar-refractivity contribution in [3.63, 3.8) is 0 Å². The predicted molar refractivity (Wildman–Crippen MR) is 88.0 cm³/mol. The zero-order chi connectivity index (χ0) is 15.5. The molecule has 0 saturated heterocycles. The monoisotopic (exact) mass is 324 g/mol. The zero-order valence-corrected chi connectivity index (χ0v) is 14.1. The second kappa shape index (κ2) is 6.68. The Kier molecular flexibility index (Phi) is 5.13. The minimum absolute atomic E-state index is 0.159. The minimum atomic E-state index is -0.829. The molecule has 0 bridgehead atoms. The van der Waals surface area contributed by atoms with Gasteiger partial charge in [0.05, 0.1) is 16.2 Å². The van der Waals surface area contributed by atoms with Crippen molar-refractivity contribution in [1.82, 2.24) is 10.3 Å². The number of hydrogen-bond acceptors (Lipinski definition) is 5. The van der Waals surface area contributed by atoms with Crippen LogP contribution in [0.25, 0.3) is 9.88 Å². The van der Waals surface area contributed by atoms with Crippen LogP contribution in [0.3, 0.4) is 0 Å². The van der Waals surface area contributed by atoms with E-state index in [9.17, 15) is 9.90 Å². The molecule has 2 N–H and O–H groups in total. The zero-order valence-electron chi connectivity index (χ0n) is 12.5. The van der Waals surface area contributed by atoms with Crippen LogP contribution in [0.1, 0.15) is 42.1 Å². The molecule has 0 aliphatic rings. The van der Waals surface area contributed by atoms with E-state index in [0.29, 0.717) is 17.7 Å². The standard InChI is InChI=1S/C15H20N2O2S2/c1-4-15(19,5-2)9-16-13(18)12-10(3)17-14(21-12)11-7-6-8-20-11/h6-8,19H,4-5,9H2,1-3H3,(H,16,18). The third-order valence-corrected chi connectivity index (χ3v) is 5.82. The molecule has 2 heterocycles. The number of nitrogens with one attached hydrogen (secondary N) is 1. The molecule has 21 heavy (non-hydrogen) atoms. The van der Waals surface area contributed by atoms with Gasteiger partial charge in [-0.2, -0.15) is 0 Å². The first-order chi connectivity index (χ1) is 9.99. The van der Waals surface area contributed by atoms with Crippen LogP contribution in [0.15, 0.2) is 17.5 Å². The van der Waals surface area contributed by atoms with Crippen molar-refractivity contribution >= 4 is 28.6 Å². The first-order valence-electron chi connectivity index (χ1n) is 7.01. The Bertz CT molecular complexity index is 601. The topological polar surface area (TPSA) is 62.2 Å². The maximum absolute atomic E-state index is 12.3. The summed E-state index contributed by atoms with van der Waals surface area (Å²) in [7, 11) is 0. The summed E-state index contributed by atoms with van der Waals surface area (Å²) in [5.74, 6) is -0.159. The van der Waals surface area contributed by atoms with E-state index in [1.807, 2.05) is 38.3 Å². The van der Waals surface area contributed by atoms with Crippen LogP contribution in [-0.2, 0) is 0 Å². The normalized spacial score (nSPS) is 11.6. The molecule has 114 valence electrons. The fourth-order valence-electron chi connectivity index (χ4n) is 1.94. The van der Waals surface area contributed by atoms with E-state index < -0.39 is 5.60 Å². The van der Waals surface area contributed by atoms with E-state index in [0.717, 1.165) is 15.6 Å². The number of carbonyl (C=O) groups excluding carboxylic acids is 1. The SMILES string of the molecule is CCC(O)(CC)CNC(=O)c1sc(-c2cccs2)nc1C. The van der Waals surface area contributed by atoms with Crippen LogP contribution in [0.2, 0.25) is 0 Å². The van der Waals surface area contributed by atoms with Crippen LogP contribution in [0, 0.1) is 6.92 Å². The molecule has 4 nitrogen and oxygen atoms in total. The summed E-state index contributed by atoms with van der Waals surface area (Å²) in [6, 6.07) is 3.97. The molecule has 1 amide bonds. The molecule has 0 aromatic carbocycles. The number of amides is 1. The van der Waals surface area contributed by atoms with Gasteiger partial charge >= 0.3 is 0 Å². The molecule has 0 unspecified atom stereocenters. The van der Waals surface area contributed by atoms with Gasteiger partial charge in [0, 0.05) is 6.54 Å². The van der Waals surface area contributed by atoms with E-state index in [1.165, 1.54) is 11.3 Å². The van der Waals surface area contributed by atoms with E-state index >= 15 is 0 Å². The van der Waals surface area contributed by atoms with Gasteiger partial charge in [0.25, 0.3) is 5.91 Å². The lowest BCUT2D eigenvalue weighted by Crippen LogP contribution is -2.42. The fourth-order valence-corrected chi connectivity index (χ4v) is 3.72. The first kappa shape index (κ1) is 16.1. The number of thiophene rings is 1. The van der Waals surface area contributed by atoms with Crippen LogP contribution >= 0.6 is 22.7 Å². The van der Waals surface area contributed by atoms with Crippen molar-refractivity contribution in [3.8, 4) is 9.88 Å². The molecule has 0 atom stereocenters. The molecule has 0 radical (unpaired) electrons. The molecule has 0 spiro atoms. The highest BCUT2D eigenvalue weighted by Crippen LogP contribution is 2.31. The molecule has 2 aromatic rings. The quantitative estimate of drug-likeness (QED) is 0.855. The highest BCUT2D eigenvalue weighted by Gasteiger charge is 2.24. The summed E-state index contributed by atoms with van der Waals surface area (Å²) >= 11 is 3.01. The Balaban J connectivity index is 2.10. The van der Waals surface area contributed by atoms with Gasteiger partial charge in [0.1, 0.15) is 9.88 Å². The van der Waals surface area contributed by atoms with Gasteiger partial charge in [0.2, 0.25) is 0 Å². The second-order valence-electron chi connectivity index (χ2n) is 5.02. The smallest absolute Gasteiger partial charge is 0.263 e. The van der Waals surface area contributed by atoms with Gasteiger partial charge in [-0.3, -0.25) is 4.79 Å². The summed E-state index contributed by atoms with van der Waals surface area (Å²) in [5.41, 5.74) is -0.0948. The third kappa shape index (κ3) is 3.70. The first-order valence-corrected chi connectivity index (χ1v) is 8.70. The third-order valence-electron chi connectivity index (χ3n) is 3.63. The molecule has 0 fully saturated rings. The highest BCUT2D eigenvalue weighted by molar-refractivity contribution is 7.22. The average molecular weight is 324 g/mol. The van der Waals surface area contributed by atoms with Crippen molar-refractivity contribution in [2.75, 3.05) is 6.54 Å². The van der Waals surface area contributed by atoms with Crippen LogP contribution in [-0.4, -0.2) is 28.1 Å². The van der Waals surface area contributed by atoms with Crippen molar-refractivity contribution in [3.05, 3.63) is 28.1 Å². The van der Waals surface area contributed by atoms with Crippen LogP contribution < -0.4 is 5.32 Å². The molecule has 2 aromatic heterocycles. The lowest BCUT2D eigenvalue weighted by molar-refractivity contribution is 0.0314. The predicted octanol–water partition coefficient (Wildman–Crippen LogP) is 3.46. The molecule has 2 rings (SSSR count). The van der Waals surface area contributed by atoms with Gasteiger partial charge < -0.3 is 10.4 Å². The number of rotatable bonds is 6. The summed E-state index contributed by atoms with van der Waals surface area (Å²) in [5, 5.41) is 15.9. The van der Waals surface area contributed by atoms with E-state index in [2.05, 4.69) is 10.3 Å². The largest absolute Gasteiger partial charge is 0.388 e. The van der Waals surface area contributed by atoms with Gasteiger partial charge in [-0.25, -0.2) is 4.98 Å². The van der Waals surface area contributed by atoms with E-state index in [1.54, 1.807) is 11.3 Å². The van der Waals surface area contributed by atoms with Crippen molar-refractivity contribution < 1.29 is 9.90 Å². The second-order valence-corrected chi connectivity index (χ2v) is 6.97. The number of hydrogen-bond donors (Lipinski definition) is 2. The molecule has 0 saturated carbocycles. The van der Waals surface area contributed by atoms with Crippen LogP contribution in [0.4, 0.5) is 0 Å². The lowest BCUT2D eigenvalue weighted by atomic mass is 9.97. The lowest BCUT2D eigenvalue weighted by Gasteiger charge is -2.25. The average Bonchev–Trinajstić information content (AvgIpc) is 3.13. The summed E-state index contributed by atoms with van der Waals surface area (Å²) in [6.07, 6.45) is 1.23. The maximum atomic E-state index is 12.3. The number of carbonyl (C=O) groups is 1. The van der Waals surface area contributed by atoms with Gasteiger partial charge in [-0.15, -0.1) is 22.7 Å². The Morgan fingerprint density at radius 1 is 1.43 bits per heavy atom. The Labute approximate surface area is 132 Å². The van der Waals surface area contributed by atoms with Gasteiger partial charge in [-0.05, 0) is 31.2 Å². The maximum Gasteiger partial charge on any atom is 0.263 e. The van der Waals surface area contributed by atoms with E-state index in [4.69, 9.17) is 0 Å². The van der Waals surface area contributed by atoms with Gasteiger partial charge in [-0.1, -0.05) is 19.9 Å². The fraction of sp³-hybridized carbons (Fsp3) is 0.467.